The third-order valence-corrected chi connectivity index (χ3v) is 4.24. The number of aliphatic hydroxyl groups is 1. The summed E-state index contributed by atoms with van der Waals surface area (Å²) in [6, 6.07) is 0.499. The standard InChI is InChI=1S/C13H22BrN3O/c1-3-13(2,18)10-16-6-4-12(5-7-16)17-9-11(14)8-15-17/h8-9,12,18H,3-7,10H2,1-2H3/t13-/m1/s1. The number of halogens is 1. The second kappa shape index (κ2) is 5.72. The maximum atomic E-state index is 10.1. The van der Waals surface area contributed by atoms with E-state index < -0.39 is 5.60 Å². The van der Waals surface area contributed by atoms with Gasteiger partial charge in [0.25, 0.3) is 0 Å². The molecule has 0 aliphatic carbocycles. The van der Waals surface area contributed by atoms with Crippen molar-refractivity contribution in [3.8, 4) is 0 Å². The van der Waals surface area contributed by atoms with E-state index in [1.54, 1.807) is 0 Å². The van der Waals surface area contributed by atoms with Crippen LogP contribution in [0.25, 0.3) is 0 Å². The van der Waals surface area contributed by atoms with Crippen molar-refractivity contribution in [3.63, 3.8) is 0 Å². The first-order valence-electron chi connectivity index (χ1n) is 6.64. The van der Waals surface area contributed by atoms with E-state index in [4.69, 9.17) is 0 Å². The van der Waals surface area contributed by atoms with Crippen molar-refractivity contribution in [3.05, 3.63) is 16.9 Å². The number of rotatable bonds is 4. The van der Waals surface area contributed by atoms with Gasteiger partial charge in [0.2, 0.25) is 0 Å². The summed E-state index contributed by atoms with van der Waals surface area (Å²) in [5.74, 6) is 0. The van der Waals surface area contributed by atoms with Crippen LogP contribution in [0.1, 0.15) is 39.2 Å². The van der Waals surface area contributed by atoms with Crippen LogP contribution in [-0.2, 0) is 0 Å². The maximum absolute atomic E-state index is 10.1. The lowest BCUT2D eigenvalue weighted by Crippen LogP contribution is -2.44. The van der Waals surface area contributed by atoms with Crippen LogP contribution in [0.4, 0.5) is 0 Å². The number of likely N-dealkylation sites (tertiary alicyclic amines) is 1. The smallest absolute Gasteiger partial charge is 0.0743 e. The zero-order valence-electron chi connectivity index (χ0n) is 11.1. The van der Waals surface area contributed by atoms with Crippen molar-refractivity contribution >= 4 is 15.9 Å². The van der Waals surface area contributed by atoms with Crippen LogP contribution in [0.15, 0.2) is 16.9 Å². The van der Waals surface area contributed by atoms with E-state index in [0.29, 0.717) is 6.04 Å². The minimum atomic E-state index is -0.554. The highest BCUT2D eigenvalue weighted by atomic mass is 79.9. The molecule has 18 heavy (non-hydrogen) atoms. The van der Waals surface area contributed by atoms with Gasteiger partial charge in [-0.3, -0.25) is 4.68 Å². The Morgan fingerprint density at radius 1 is 1.50 bits per heavy atom. The molecular formula is C13H22BrN3O. The van der Waals surface area contributed by atoms with Gasteiger partial charge in [0, 0.05) is 25.8 Å². The molecule has 1 aromatic heterocycles. The average Bonchev–Trinajstić information content (AvgIpc) is 2.76. The molecule has 1 saturated heterocycles. The highest BCUT2D eigenvalue weighted by Gasteiger charge is 2.26. The van der Waals surface area contributed by atoms with E-state index in [9.17, 15) is 5.11 Å². The van der Waals surface area contributed by atoms with Gasteiger partial charge in [0.05, 0.1) is 22.3 Å². The molecule has 0 unspecified atom stereocenters. The molecule has 0 saturated carbocycles. The first-order chi connectivity index (χ1) is 8.50. The van der Waals surface area contributed by atoms with Crippen LogP contribution < -0.4 is 0 Å². The molecule has 0 spiro atoms. The molecule has 1 aromatic rings. The molecule has 0 radical (unpaired) electrons. The van der Waals surface area contributed by atoms with E-state index in [-0.39, 0.29) is 0 Å². The lowest BCUT2D eigenvalue weighted by molar-refractivity contribution is 0.00675. The van der Waals surface area contributed by atoms with Gasteiger partial charge < -0.3 is 10.0 Å². The second-order valence-electron chi connectivity index (χ2n) is 5.50. The monoisotopic (exact) mass is 315 g/mol. The van der Waals surface area contributed by atoms with Gasteiger partial charge in [0.1, 0.15) is 0 Å². The Morgan fingerprint density at radius 2 is 2.17 bits per heavy atom. The molecule has 0 bridgehead atoms. The number of aromatic nitrogens is 2. The van der Waals surface area contributed by atoms with Crippen molar-refractivity contribution in [1.82, 2.24) is 14.7 Å². The maximum Gasteiger partial charge on any atom is 0.0743 e. The molecule has 0 aromatic carbocycles. The summed E-state index contributed by atoms with van der Waals surface area (Å²) >= 11 is 3.43. The average molecular weight is 316 g/mol. The van der Waals surface area contributed by atoms with Gasteiger partial charge in [-0.25, -0.2) is 0 Å². The number of piperidine rings is 1. The van der Waals surface area contributed by atoms with Gasteiger partial charge in [0.15, 0.2) is 0 Å². The summed E-state index contributed by atoms with van der Waals surface area (Å²) in [4.78, 5) is 2.36. The van der Waals surface area contributed by atoms with E-state index in [0.717, 1.165) is 43.4 Å². The predicted octanol–water partition coefficient (Wildman–Crippen LogP) is 2.44. The number of β-amino-alcohol motifs (C(OH)–C–C–N with tert-alkyl or cyclic N) is 1. The van der Waals surface area contributed by atoms with Crippen molar-refractivity contribution in [2.45, 2.75) is 44.8 Å². The Bertz CT molecular complexity index is 383. The van der Waals surface area contributed by atoms with Crippen LogP contribution in [0, 0.1) is 0 Å². The molecule has 2 heterocycles. The summed E-state index contributed by atoms with van der Waals surface area (Å²) in [6.07, 6.45) is 6.90. The number of nitrogens with zero attached hydrogens (tertiary/aromatic N) is 3. The van der Waals surface area contributed by atoms with E-state index in [1.165, 1.54) is 0 Å². The SMILES string of the molecule is CC[C@@](C)(O)CN1CCC(n2cc(Br)cn2)CC1. The minimum absolute atomic E-state index is 0.499. The zero-order chi connectivity index (χ0) is 13.2. The minimum Gasteiger partial charge on any atom is -0.389 e. The van der Waals surface area contributed by atoms with Crippen LogP contribution in [0.2, 0.25) is 0 Å². The topological polar surface area (TPSA) is 41.3 Å². The Hall–Kier alpha value is -0.390. The first kappa shape index (κ1) is 14.0. The van der Waals surface area contributed by atoms with E-state index >= 15 is 0 Å². The fourth-order valence-electron chi connectivity index (χ4n) is 2.45. The summed E-state index contributed by atoms with van der Waals surface area (Å²) < 4.78 is 3.10. The summed E-state index contributed by atoms with van der Waals surface area (Å²) in [5, 5.41) is 14.5. The van der Waals surface area contributed by atoms with Crippen molar-refractivity contribution < 1.29 is 5.11 Å². The third kappa shape index (κ3) is 3.56. The third-order valence-electron chi connectivity index (χ3n) is 3.83. The summed E-state index contributed by atoms with van der Waals surface area (Å²) in [7, 11) is 0. The molecule has 4 nitrogen and oxygen atoms in total. The molecule has 1 fully saturated rings. The largest absolute Gasteiger partial charge is 0.389 e. The highest BCUT2D eigenvalue weighted by Crippen LogP contribution is 2.24. The second-order valence-corrected chi connectivity index (χ2v) is 6.41. The molecule has 1 N–H and O–H groups in total. The molecule has 1 aliphatic heterocycles. The summed E-state index contributed by atoms with van der Waals surface area (Å²) in [6.45, 7) is 6.81. The Balaban J connectivity index is 1.85. The fourth-order valence-corrected chi connectivity index (χ4v) is 2.75. The van der Waals surface area contributed by atoms with E-state index in [2.05, 4.69) is 30.6 Å². The van der Waals surface area contributed by atoms with Crippen molar-refractivity contribution in [2.24, 2.45) is 0 Å². The molecule has 1 aliphatic rings. The Kier molecular flexibility index (Phi) is 4.45. The summed E-state index contributed by atoms with van der Waals surface area (Å²) in [5.41, 5.74) is -0.554. The fraction of sp³-hybridized carbons (Fsp3) is 0.769. The van der Waals surface area contributed by atoms with Gasteiger partial charge in [-0.2, -0.15) is 5.10 Å². The van der Waals surface area contributed by atoms with Crippen LogP contribution >= 0.6 is 15.9 Å². The van der Waals surface area contributed by atoms with Gasteiger partial charge in [-0.05, 0) is 42.1 Å². The molecular weight excluding hydrogens is 294 g/mol. The Morgan fingerprint density at radius 3 is 2.67 bits per heavy atom. The van der Waals surface area contributed by atoms with Crippen LogP contribution in [-0.4, -0.2) is 45.0 Å². The van der Waals surface area contributed by atoms with Crippen molar-refractivity contribution in [2.75, 3.05) is 19.6 Å². The molecule has 102 valence electrons. The quantitative estimate of drug-likeness (QED) is 0.928. The Labute approximate surface area is 117 Å². The number of hydrogen-bond donors (Lipinski definition) is 1. The van der Waals surface area contributed by atoms with E-state index in [1.807, 2.05) is 26.2 Å². The number of hydrogen-bond acceptors (Lipinski definition) is 3. The predicted molar refractivity (Wildman–Crippen MR) is 75.6 cm³/mol. The zero-order valence-corrected chi connectivity index (χ0v) is 12.7. The van der Waals surface area contributed by atoms with Crippen molar-refractivity contribution in [1.29, 1.82) is 0 Å². The molecule has 1 atom stereocenters. The normalized spacial score (nSPS) is 22.0. The van der Waals surface area contributed by atoms with Crippen LogP contribution in [0.5, 0.6) is 0 Å². The lowest BCUT2D eigenvalue weighted by Gasteiger charge is -2.36. The molecule has 2 rings (SSSR count). The van der Waals surface area contributed by atoms with Gasteiger partial charge in [-0.15, -0.1) is 0 Å². The lowest BCUT2D eigenvalue weighted by atomic mass is 9.99. The molecule has 5 heteroatoms. The van der Waals surface area contributed by atoms with Gasteiger partial charge >= 0.3 is 0 Å². The van der Waals surface area contributed by atoms with Gasteiger partial charge in [-0.1, -0.05) is 6.92 Å². The highest BCUT2D eigenvalue weighted by molar-refractivity contribution is 9.10. The first-order valence-corrected chi connectivity index (χ1v) is 7.44. The molecule has 0 amide bonds. The van der Waals surface area contributed by atoms with Crippen LogP contribution in [0.3, 0.4) is 0 Å².